The van der Waals surface area contributed by atoms with Crippen LogP contribution >= 0.6 is 0 Å². The van der Waals surface area contributed by atoms with Crippen molar-refractivity contribution in [2.75, 3.05) is 44.9 Å². The predicted octanol–water partition coefficient (Wildman–Crippen LogP) is 0.323. The minimum Gasteiger partial charge on any atom is -0.368 e. The van der Waals surface area contributed by atoms with Crippen molar-refractivity contribution in [1.82, 2.24) is 24.8 Å². The summed E-state index contributed by atoms with van der Waals surface area (Å²) in [6, 6.07) is 0. The van der Waals surface area contributed by atoms with Gasteiger partial charge in [0.05, 0.1) is 6.33 Å². The average Bonchev–Trinajstić information content (AvgIpc) is 2.74. The van der Waals surface area contributed by atoms with Gasteiger partial charge in [0, 0.05) is 13.6 Å². The van der Waals surface area contributed by atoms with E-state index < -0.39 is 0 Å². The summed E-state index contributed by atoms with van der Waals surface area (Å²) < 4.78 is 0. The molecule has 0 fully saturated rings. The lowest BCUT2D eigenvalue weighted by atomic mass is 10.3. The van der Waals surface area contributed by atoms with E-state index in [0.29, 0.717) is 5.65 Å². The summed E-state index contributed by atoms with van der Waals surface area (Å²) in [5.74, 6) is 1.05. The third kappa shape index (κ3) is 2.67. The maximum absolute atomic E-state index is 5.69. The van der Waals surface area contributed by atoms with Crippen LogP contribution in [0, 0.1) is 0 Å². The normalized spacial score (nSPS) is 11.3. The summed E-state index contributed by atoms with van der Waals surface area (Å²) in [6.45, 7) is 1.94. The molecule has 0 aliphatic rings. The van der Waals surface area contributed by atoms with E-state index in [9.17, 15) is 0 Å². The zero-order chi connectivity index (χ0) is 13.1. The van der Waals surface area contributed by atoms with Crippen LogP contribution in [0.4, 0.5) is 11.8 Å². The van der Waals surface area contributed by atoms with Gasteiger partial charge in [-0.25, -0.2) is 4.98 Å². The van der Waals surface area contributed by atoms with Crippen LogP contribution in [0.2, 0.25) is 0 Å². The molecule has 2 aromatic rings. The highest BCUT2D eigenvalue weighted by atomic mass is 15.2. The van der Waals surface area contributed by atoms with Crippen LogP contribution in [0.15, 0.2) is 6.33 Å². The van der Waals surface area contributed by atoms with Crippen molar-refractivity contribution >= 4 is 22.9 Å². The van der Waals surface area contributed by atoms with Crippen LogP contribution in [0.1, 0.15) is 6.42 Å². The van der Waals surface area contributed by atoms with Crippen molar-refractivity contribution in [2.24, 2.45) is 0 Å². The number of rotatable bonds is 5. The van der Waals surface area contributed by atoms with Crippen LogP contribution in [0.25, 0.3) is 11.2 Å². The first kappa shape index (κ1) is 12.6. The van der Waals surface area contributed by atoms with Crippen LogP contribution in [0.3, 0.4) is 0 Å². The molecular weight excluding hydrogens is 230 g/mol. The number of aromatic nitrogens is 4. The molecule has 2 aromatic heterocycles. The highest BCUT2D eigenvalue weighted by Crippen LogP contribution is 2.20. The van der Waals surface area contributed by atoms with Gasteiger partial charge in [-0.05, 0) is 27.1 Å². The van der Waals surface area contributed by atoms with Crippen molar-refractivity contribution < 1.29 is 0 Å². The Kier molecular flexibility index (Phi) is 3.61. The van der Waals surface area contributed by atoms with Gasteiger partial charge in [0.1, 0.15) is 5.52 Å². The summed E-state index contributed by atoms with van der Waals surface area (Å²) in [4.78, 5) is 19.7. The van der Waals surface area contributed by atoms with Crippen LogP contribution in [-0.2, 0) is 0 Å². The molecule has 0 aliphatic carbocycles. The number of nitrogens with zero attached hydrogens (tertiary/aromatic N) is 5. The molecule has 0 atom stereocenters. The molecular formula is C11H19N7. The SMILES string of the molecule is CN(C)CCCN(C)c1nc(N)nc2nc[nH]c12. The minimum absolute atomic E-state index is 0.254. The van der Waals surface area contributed by atoms with E-state index in [2.05, 4.69) is 43.8 Å². The Hall–Kier alpha value is -1.89. The van der Waals surface area contributed by atoms with Gasteiger partial charge in [-0.3, -0.25) is 0 Å². The van der Waals surface area contributed by atoms with E-state index in [0.717, 1.165) is 30.8 Å². The minimum atomic E-state index is 0.254. The fraction of sp³-hybridized carbons (Fsp3) is 0.545. The summed E-state index contributed by atoms with van der Waals surface area (Å²) in [5.41, 5.74) is 7.13. The van der Waals surface area contributed by atoms with Gasteiger partial charge < -0.3 is 20.5 Å². The van der Waals surface area contributed by atoms with Gasteiger partial charge >= 0.3 is 0 Å². The van der Waals surface area contributed by atoms with E-state index in [1.807, 2.05) is 7.05 Å². The molecule has 0 saturated carbocycles. The maximum atomic E-state index is 5.69. The third-order valence-corrected chi connectivity index (χ3v) is 2.74. The summed E-state index contributed by atoms with van der Waals surface area (Å²) >= 11 is 0. The lowest BCUT2D eigenvalue weighted by molar-refractivity contribution is 0.401. The number of hydrogen-bond acceptors (Lipinski definition) is 6. The van der Waals surface area contributed by atoms with E-state index in [-0.39, 0.29) is 5.95 Å². The van der Waals surface area contributed by atoms with Crippen molar-refractivity contribution in [3.63, 3.8) is 0 Å². The smallest absolute Gasteiger partial charge is 0.224 e. The lowest BCUT2D eigenvalue weighted by Gasteiger charge is -2.19. The molecule has 18 heavy (non-hydrogen) atoms. The quantitative estimate of drug-likeness (QED) is 0.793. The van der Waals surface area contributed by atoms with Crippen LogP contribution < -0.4 is 10.6 Å². The Morgan fingerprint density at radius 2 is 2.00 bits per heavy atom. The molecule has 3 N–H and O–H groups in total. The Bertz CT molecular complexity index is 519. The first-order valence-electron chi connectivity index (χ1n) is 5.90. The maximum Gasteiger partial charge on any atom is 0.224 e. The highest BCUT2D eigenvalue weighted by Gasteiger charge is 2.12. The molecule has 7 nitrogen and oxygen atoms in total. The fourth-order valence-corrected chi connectivity index (χ4v) is 1.84. The monoisotopic (exact) mass is 249 g/mol. The van der Waals surface area contributed by atoms with Crippen molar-refractivity contribution in [1.29, 1.82) is 0 Å². The van der Waals surface area contributed by atoms with E-state index in [4.69, 9.17) is 5.73 Å². The highest BCUT2D eigenvalue weighted by molar-refractivity contribution is 5.83. The standard InChI is InChI=1S/C11H19N7/c1-17(2)5-4-6-18(3)10-8-9(14-7-13-8)15-11(12)16-10/h7H,4-6H2,1-3H3,(H3,12,13,14,15,16). The Labute approximate surface area is 106 Å². The Morgan fingerprint density at radius 3 is 2.72 bits per heavy atom. The first-order chi connectivity index (χ1) is 8.58. The van der Waals surface area contributed by atoms with E-state index in [1.54, 1.807) is 6.33 Å². The average molecular weight is 249 g/mol. The number of nitrogen functional groups attached to an aromatic ring is 1. The summed E-state index contributed by atoms with van der Waals surface area (Å²) in [5, 5.41) is 0. The molecule has 0 spiro atoms. The number of nitrogens with one attached hydrogen (secondary N) is 1. The number of fused-ring (bicyclic) bond motifs is 1. The number of imidazole rings is 1. The van der Waals surface area contributed by atoms with Gasteiger partial charge in [0.2, 0.25) is 5.95 Å². The molecule has 2 rings (SSSR count). The van der Waals surface area contributed by atoms with Gasteiger partial charge in [0.15, 0.2) is 11.5 Å². The van der Waals surface area contributed by atoms with Crippen molar-refractivity contribution in [3.8, 4) is 0 Å². The second-order valence-electron chi connectivity index (χ2n) is 4.58. The Morgan fingerprint density at radius 1 is 1.22 bits per heavy atom. The fourth-order valence-electron chi connectivity index (χ4n) is 1.84. The molecule has 0 radical (unpaired) electrons. The third-order valence-electron chi connectivity index (χ3n) is 2.74. The number of H-pyrrole nitrogens is 1. The summed E-state index contributed by atoms with van der Waals surface area (Å²) in [6.07, 6.45) is 2.67. The van der Waals surface area contributed by atoms with Crippen molar-refractivity contribution in [3.05, 3.63) is 6.33 Å². The molecule has 0 bridgehead atoms. The van der Waals surface area contributed by atoms with Crippen LogP contribution in [-0.4, -0.2) is 59.1 Å². The van der Waals surface area contributed by atoms with E-state index in [1.165, 1.54) is 0 Å². The largest absolute Gasteiger partial charge is 0.368 e. The van der Waals surface area contributed by atoms with Gasteiger partial charge in [0.25, 0.3) is 0 Å². The number of nitrogens with two attached hydrogens (primary N) is 1. The second-order valence-corrected chi connectivity index (χ2v) is 4.58. The topological polar surface area (TPSA) is 87.0 Å². The molecule has 2 heterocycles. The lowest BCUT2D eigenvalue weighted by Crippen LogP contribution is -2.24. The van der Waals surface area contributed by atoms with Gasteiger partial charge in [-0.15, -0.1) is 0 Å². The molecule has 0 saturated heterocycles. The van der Waals surface area contributed by atoms with Crippen molar-refractivity contribution in [2.45, 2.75) is 6.42 Å². The number of hydrogen-bond donors (Lipinski definition) is 2. The second kappa shape index (κ2) is 5.18. The summed E-state index contributed by atoms with van der Waals surface area (Å²) in [7, 11) is 6.13. The van der Waals surface area contributed by atoms with Gasteiger partial charge in [-0.1, -0.05) is 0 Å². The van der Waals surface area contributed by atoms with E-state index >= 15 is 0 Å². The molecule has 0 aliphatic heterocycles. The molecule has 0 aromatic carbocycles. The zero-order valence-corrected chi connectivity index (χ0v) is 11.0. The first-order valence-corrected chi connectivity index (χ1v) is 5.90. The number of anilines is 2. The van der Waals surface area contributed by atoms with Gasteiger partial charge in [-0.2, -0.15) is 9.97 Å². The molecule has 0 amide bonds. The predicted molar refractivity (Wildman–Crippen MR) is 72.5 cm³/mol. The number of aromatic amines is 1. The van der Waals surface area contributed by atoms with Crippen LogP contribution in [0.5, 0.6) is 0 Å². The zero-order valence-electron chi connectivity index (χ0n) is 11.0. The molecule has 0 unspecified atom stereocenters. The molecule has 7 heteroatoms. The Balaban J connectivity index is 2.16. The molecule has 98 valence electrons.